The molecule has 0 radical (unpaired) electrons. The summed E-state index contributed by atoms with van der Waals surface area (Å²) in [6.45, 7) is 1.61. The van der Waals surface area contributed by atoms with E-state index in [1.807, 2.05) is 18.2 Å². The smallest absolute Gasteiger partial charge is 0.343 e. The van der Waals surface area contributed by atoms with Crippen molar-refractivity contribution in [3.05, 3.63) is 41.5 Å². The van der Waals surface area contributed by atoms with E-state index in [4.69, 9.17) is 9.47 Å². The van der Waals surface area contributed by atoms with Crippen molar-refractivity contribution in [2.75, 3.05) is 20.3 Å². The van der Waals surface area contributed by atoms with Crippen molar-refractivity contribution >= 4 is 5.97 Å². The third-order valence-corrected chi connectivity index (χ3v) is 3.25. The molecule has 2 rings (SSSR count). The summed E-state index contributed by atoms with van der Waals surface area (Å²) in [7, 11) is 1.23. The minimum absolute atomic E-state index is 0.0442. The van der Waals surface area contributed by atoms with Gasteiger partial charge in [-0.2, -0.15) is 15.5 Å². The molecule has 7 nitrogen and oxygen atoms in total. The Morgan fingerprint density at radius 3 is 2.20 bits per heavy atom. The molecule has 0 unspecified atom stereocenters. The van der Waals surface area contributed by atoms with Crippen LogP contribution in [0.25, 0.3) is 11.1 Å². The number of pyridine rings is 1. The first-order chi connectivity index (χ1) is 12.2. The van der Waals surface area contributed by atoms with Gasteiger partial charge >= 0.3 is 5.97 Å². The number of hydrogen-bond acceptors (Lipinski definition) is 7. The van der Waals surface area contributed by atoms with Gasteiger partial charge in [0.2, 0.25) is 11.8 Å². The van der Waals surface area contributed by atoms with Crippen molar-refractivity contribution < 1.29 is 19.0 Å². The van der Waals surface area contributed by atoms with Crippen LogP contribution in [0.3, 0.4) is 0 Å². The van der Waals surface area contributed by atoms with Gasteiger partial charge in [0.1, 0.15) is 23.3 Å². The molecule has 0 aliphatic rings. The molecule has 0 saturated heterocycles. The molecule has 1 aromatic heterocycles. The molecule has 0 atom stereocenters. The Bertz CT molecular complexity index is 851. The number of aromatic nitrogens is 1. The fraction of sp³-hybridized carbons (Fsp3) is 0.222. The van der Waals surface area contributed by atoms with Crippen LogP contribution in [0.4, 0.5) is 0 Å². The Morgan fingerprint density at radius 1 is 1.08 bits per heavy atom. The second-order valence-corrected chi connectivity index (χ2v) is 4.73. The van der Waals surface area contributed by atoms with Crippen LogP contribution in [0.1, 0.15) is 18.1 Å². The number of ether oxygens (including phenoxy) is 3. The first-order valence-electron chi connectivity index (χ1n) is 7.42. The largest absolute Gasteiger partial charge is 0.477 e. The van der Waals surface area contributed by atoms with E-state index in [0.29, 0.717) is 11.1 Å². The van der Waals surface area contributed by atoms with Crippen LogP contribution >= 0.6 is 0 Å². The molecule has 1 heterocycles. The fourth-order valence-electron chi connectivity index (χ4n) is 2.18. The second kappa shape index (κ2) is 8.32. The average Bonchev–Trinajstić information content (AvgIpc) is 2.66. The van der Waals surface area contributed by atoms with Gasteiger partial charge in [-0.05, 0) is 12.5 Å². The van der Waals surface area contributed by atoms with Crippen molar-refractivity contribution in [1.82, 2.24) is 4.98 Å². The average molecular weight is 337 g/mol. The van der Waals surface area contributed by atoms with Gasteiger partial charge in [0.15, 0.2) is 6.61 Å². The predicted molar refractivity (Wildman–Crippen MR) is 87.8 cm³/mol. The minimum atomic E-state index is -0.616. The molecule has 0 spiro atoms. The molecule has 2 aromatic rings. The van der Waals surface area contributed by atoms with Gasteiger partial charge in [-0.25, -0.2) is 4.79 Å². The maximum atomic E-state index is 11.3. The third kappa shape index (κ3) is 3.85. The second-order valence-electron chi connectivity index (χ2n) is 4.73. The normalized spacial score (nSPS) is 9.60. The van der Waals surface area contributed by atoms with E-state index in [0.717, 1.165) is 0 Å². The molecule has 0 aliphatic carbocycles. The fourth-order valence-corrected chi connectivity index (χ4v) is 2.18. The highest BCUT2D eigenvalue weighted by molar-refractivity contribution is 5.80. The van der Waals surface area contributed by atoms with Crippen LogP contribution in [-0.4, -0.2) is 31.3 Å². The van der Waals surface area contributed by atoms with Gasteiger partial charge in [-0.3, -0.25) is 0 Å². The standard InChI is InChI=1S/C18H15N3O4/c1-3-24-17-13(9-19)16(12-7-5-4-6-8-12)14(10-20)18(21-17)25-11-15(22)23-2/h4-8H,3,11H2,1-2H3. The first kappa shape index (κ1) is 17.8. The van der Waals surface area contributed by atoms with Crippen LogP contribution in [0.5, 0.6) is 11.8 Å². The van der Waals surface area contributed by atoms with Crippen LogP contribution in [0.15, 0.2) is 30.3 Å². The van der Waals surface area contributed by atoms with Crippen molar-refractivity contribution in [2.24, 2.45) is 0 Å². The topological polar surface area (TPSA) is 105 Å². The number of nitrogens with zero attached hydrogens (tertiary/aromatic N) is 3. The van der Waals surface area contributed by atoms with Crippen molar-refractivity contribution in [3.63, 3.8) is 0 Å². The number of esters is 1. The number of hydrogen-bond donors (Lipinski definition) is 0. The van der Waals surface area contributed by atoms with Crippen molar-refractivity contribution in [1.29, 1.82) is 10.5 Å². The van der Waals surface area contributed by atoms with E-state index in [1.165, 1.54) is 7.11 Å². The summed E-state index contributed by atoms with van der Waals surface area (Å²) in [5, 5.41) is 19.1. The van der Waals surface area contributed by atoms with Crippen LogP contribution in [0, 0.1) is 22.7 Å². The quantitative estimate of drug-likeness (QED) is 0.745. The summed E-state index contributed by atoms with van der Waals surface area (Å²) in [5.74, 6) is -0.661. The Hall–Kier alpha value is -3.58. The molecule has 7 heteroatoms. The molecule has 0 fully saturated rings. The Labute approximate surface area is 145 Å². The Kier molecular flexibility index (Phi) is 5.92. The van der Waals surface area contributed by atoms with E-state index in [-0.39, 0.29) is 29.5 Å². The maximum Gasteiger partial charge on any atom is 0.343 e. The molecule has 1 aromatic carbocycles. The highest BCUT2D eigenvalue weighted by Crippen LogP contribution is 2.36. The zero-order chi connectivity index (χ0) is 18.2. The number of carbonyl (C=O) groups excluding carboxylic acids is 1. The van der Waals surface area contributed by atoms with E-state index >= 15 is 0 Å². The number of nitriles is 2. The molecule has 0 saturated carbocycles. The summed E-state index contributed by atoms with van der Waals surface area (Å²) in [6, 6.07) is 13.0. The summed E-state index contributed by atoms with van der Waals surface area (Å²) in [5.41, 5.74) is 1.18. The van der Waals surface area contributed by atoms with Crippen LogP contribution in [-0.2, 0) is 9.53 Å². The minimum Gasteiger partial charge on any atom is -0.477 e. The lowest BCUT2D eigenvalue weighted by Crippen LogP contribution is -2.15. The summed E-state index contributed by atoms with van der Waals surface area (Å²) < 4.78 is 15.3. The number of rotatable bonds is 6. The highest BCUT2D eigenvalue weighted by Gasteiger charge is 2.23. The van der Waals surface area contributed by atoms with Gasteiger partial charge in [-0.1, -0.05) is 30.3 Å². The number of carbonyl (C=O) groups is 1. The van der Waals surface area contributed by atoms with Gasteiger partial charge in [-0.15, -0.1) is 0 Å². The predicted octanol–water partition coefficient (Wildman–Crippen LogP) is 2.44. The molecule has 0 aliphatic heterocycles. The zero-order valence-corrected chi connectivity index (χ0v) is 13.8. The molecular formula is C18H15N3O4. The molecule has 0 bridgehead atoms. The molecule has 0 amide bonds. The van der Waals surface area contributed by atoms with E-state index in [1.54, 1.807) is 31.2 Å². The van der Waals surface area contributed by atoms with Crippen LogP contribution in [0.2, 0.25) is 0 Å². The van der Waals surface area contributed by atoms with Crippen molar-refractivity contribution in [2.45, 2.75) is 6.92 Å². The zero-order valence-electron chi connectivity index (χ0n) is 13.8. The lowest BCUT2D eigenvalue weighted by molar-refractivity contribution is -0.143. The third-order valence-electron chi connectivity index (χ3n) is 3.25. The summed E-state index contributed by atoms with van der Waals surface area (Å²) >= 11 is 0. The van der Waals surface area contributed by atoms with Gasteiger partial charge < -0.3 is 14.2 Å². The molecule has 0 N–H and O–H groups in total. The molecule has 126 valence electrons. The summed E-state index contributed by atoms with van der Waals surface area (Å²) in [6.07, 6.45) is 0. The number of methoxy groups -OCH3 is 1. The van der Waals surface area contributed by atoms with Gasteiger partial charge in [0.25, 0.3) is 0 Å². The monoisotopic (exact) mass is 337 g/mol. The van der Waals surface area contributed by atoms with Gasteiger partial charge in [0, 0.05) is 5.56 Å². The van der Waals surface area contributed by atoms with E-state index in [9.17, 15) is 15.3 Å². The highest BCUT2D eigenvalue weighted by atomic mass is 16.6. The van der Waals surface area contributed by atoms with E-state index in [2.05, 4.69) is 9.72 Å². The number of benzene rings is 1. The Morgan fingerprint density at radius 2 is 1.68 bits per heavy atom. The maximum absolute atomic E-state index is 11.3. The lowest BCUT2D eigenvalue weighted by atomic mass is 9.97. The molecular weight excluding hydrogens is 322 g/mol. The molecule has 25 heavy (non-hydrogen) atoms. The van der Waals surface area contributed by atoms with Crippen molar-refractivity contribution in [3.8, 4) is 35.0 Å². The SMILES string of the molecule is CCOc1nc(OCC(=O)OC)c(C#N)c(-c2ccccc2)c1C#N. The Balaban J connectivity index is 2.69. The van der Waals surface area contributed by atoms with Crippen LogP contribution < -0.4 is 9.47 Å². The van der Waals surface area contributed by atoms with E-state index < -0.39 is 12.6 Å². The lowest BCUT2D eigenvalue weighted by Gasteiger charge is -2.15. The summed E-state index contributed by atoms with van der Waals surface area (Å²) in [4.78, 5) is 15.4. The first-order valence-corrected chi connectivity index (χ1v) is 7.42. The van der Waals surface area contributed by atoms with Gasteiger partial charge in [0.05, 0.1) is 13.7 Å².